The summed E-state index contributed by atoms with van der Waals surface area (Å²) in [6.45, 7) is 7.51. The van der Waals surface area contributed by atoms with Crippen molar-refractivity contribution in [2.24, 2.45) is 5.92 Å². The summed E-state index contributed by atoms with van der Waals surface area (Å²) in [5, 5.41) is 14.1. The lowest BCUT2D eigenvalue weighted by molar-refractivity contribution is -0.384. The van der Waals surface area contributed by atoms with Crippen LogP contribution in [0.2, 0.25) is 0 Å². The number of nitrogens with one attached hydrogen (secondary N) is 1. The van der Waals surface area contributed by atoms with E-state index in [4.69, 9.17) is 0 Å². The minimum atomic E-state index is -0.352. The van der Waals surface area contributed by atoms with Gasteiger partial charge in [-0.15, -0.1) is 0 Å². The highest BCUT2D eigenvalue weighted by molar-refractivity contribution is 5.36. The molecule has 1 aromatic carbocycles. The second-order valence-corrected chi connectivity index (χ2v) is 6.08. The Bertz CT molecular complexity index is 434. The van der Waals surface area contributed by atoms with E-state index in [1.807, 2.05) is 12.1 Å². The summed E-state index contributed by atoms with van der Waals surface area (Å²) in [5.74, 6) is 1.24. The largest absolute Gasteiger partial charge is 0.312 e. The van der Waals surface area contributed by atoms with E-state index in [1.165, 1.54) is 12.0 Å². The van der Waals surface area contributed by atoms with Crippen LogP contribution in [0.4, 0.5) is 5.69 Å². The van der Waals surface area contributed by atoms with E-state index >= 15 is 0 Å². The molecule has 0 amide bonds. The molecule has 1 aliphatic rings. The van der Waals surface area contributed by atoms with E-state index in [2.05, 4.69) is 26.1 Å². The van der Waals surface area contributed by atoms with Crippen molar-refractivity contribution in [2.45, 2.75) is 38.6 Å². The van der Waals surface area contributed by atoms with Gasteiger partial charge in [0.2, 0.25) is 0 Å². The number of nitro groups is 1. The second-order valence-electron chi connectivity index (χ2n) is 6.08. The Hall–Kier alpha value is -1.42. The number of nitrogens with zero attached hydrogens (tertiary/aromatic N) is 1. The van der Waals surface area contributed by atoms with Crippen molar-refractivity contribution in [1.29, 1.82) is 0 Å². The predicted molar refractivity (Wildman–Crippen MR) is 71.7 cm³/mol. The average Bonchev–Trinajstić information content (AvgIpc) is 3.05. The third-order valence-corrected chi connectivity index (χ3v) is 3.35. The van der Waals surface area contributed by atoms with Crippen molar-refractivity contribution in [3.8, 4) is 0 Å². The van der Waals surface area contributed by atoms with Gasteiger partial charge in [-0.3, -0.25) is 10.1 Å². The molecule has 0 aliphatic heterocycles. The fourth-order valence-electron chi connectivity index (χ4n) is 2.16. The molecule has 0 bridgehead atoms. The van der Waals surface area contributed by atoms with E-state index < -0.39 is 0 Å². The molecule has 1 N–H and O–H groups in total. The number of hydrogen-bond donors (Lipinski definition) is 1. The van der Waals surface area contributed by atoms with Crippen LogP contribution < -0.4 is 5.32 Å². The summed E-state index contributed by atoms with van der Waals surface area (Å²) < 4.78 is 0. The Morgan fingerprint density at radius 3 is 2.44 bits per heavy atom. The zero-order chi connectivity index (χ0) is 13.3. The SMILES string of the molecule is CC(C)(C)NCC1CC1c1ccc([N+](=O)[O-])cc1. The van der Waals surface area contributed by atoms with Crippen molar-refractivity contribution < 1.29 is 4.92 Å². The molecule has 0 aromatic heterocycles. The van der Waals surface area contributed by atoms with Gasteiger partial charge in [0.1, 0.15) is 0 Å². The lowest BCUT2D eigenvalue weighted by Gasteiger charge is -2.20. The Morgan fingerprint density at radius 2 is 1.94 bits per heavy atom. The maximum absolute atomic E-state index is 10.6. The van der Waals surface area contributed by atoms with Gasteiger partial charge in [0.05, 0.1) is 4.92 Å². The molecule has 2 atom stereocenters. The minimum Gasteiger partial charge on any atom is -0.312 e. The highest BCUT2D eigenvalue weighted by atomic mass is 16.6. The van der Waals surface area contributed by atoms with Gasteiger partial charge in [-0.05, 0) is 51.1 Å². The summed E-state index contributed by atoms with van der Waals surface area (Å²) in [7, 11) is 0. The quantitative estimate of drug-likeness (QED) is 0.658. The summed E-state index contributed by atoms with van der Waals surface area (Å²) in [6.07, 6.45) is 1.18. The van der Waals surface area contributed by atoms with Crippen LogP contribution >= 0.6 is 0 Å². The lowest BCUT2D eigenvalue weighted by Crippen LogP contribution is -2.37. The fourth-order valence-corrected chi connectivity index (χ4v) is 2.16. The van der Waals surface area contributed by atoms with Gasteiger partial charge in [0.15, 0.2) is 0 Å². The van der Waals surface area contributed by atoms with Gasteiger partial charge in [-0.1, -0.05) is 12.1 Å². The molecule has 1 aromatic rings. The maximum Gasteiger partial charge on any atom is 0.269 e. The van der Waals surface area contributed by atoms with Gasteiger partial charge >= 0.3 is 0 Å². The third kappa shape index (κ3) is 3.29. The molecule has 0 spiro atoms. The molecule has 2 rings (SSSR count). The van der Waals surface area contributed by atoms with Crippen LogP contribution in [0.25, 0.3) is 0 Å². The Labute approximate surface area is 108 Å². The summed E-state index contributed by atoms with van der Waals surface area (Å²) in [5.41, 5.74) is 1.55. The molecular weight excluding hydrogens is 228 g/mol. The molecular formula is C14H20N2O2. The molecule has 0 saturated heterocycles. The zero-order valence-corrected chi connectivity index (χ0v) is 11.1. The highest BCUT2D eigenvalue weighted by Gasteiger charge is 2.38. The van der Waals surface area contributed by atoms with Crippen LogP contribution in [0.15, 0.2) is 24.3 Å². The van der Waals surface area contributed by atoms with Crippen molar-refractivity contribution in [3.63, 3.8) is 0 Å². The molecule has 0 radical (unpaired) electrons. The zero-order valence-electron chi connectivity index (χ0n) is 11.1. The first-order valence-electron chi connectivity index (χ1n) is 6.36. The van der Waals surface area contributed by atoms with E-state index in [0.717, 1.165) is 6.54 Å². The van der Waals surface area contributed by atoms with Gasteiger partial charge in [-0.2, -0.15) is 0 Å². The van der Waals surface area contributed by atoms with Gasteiger partial charge < -0.3 is 5.32 Å². The second kappa shape index (κ2) is 4.69. The van der Waals surface area contributed by atoms with E-state index in [-0.39, 0.29) is 16.1 Å². The van der Waals surface area contributed by atoms with Crippen LogP contribution in [0.3, 0.4) is 0 Å². The third-order valence-electron chi connectivity index (χ3n) is 3.35. The van der Waals surface area contributed by atoms with E-state index in [9.17, 15) is 10.1 Å². The normalized spacial score (nSPS) is 22.8. The van der Waals surface area contributed by atoms with E-state index in [0.29, 0.717) is 11.8 Å². The standard InChI is InChI=1S/C14H20N2O2/c1-14(2,3)15-9-11-8-13(11)10-4-6-12(7-5-10)16(17)18/h4-7,11,13,15H,8-9H2,1-3H3. The van der Waals surface area contributed by atoms with Crippen molar-refractivity contribution >= 4 is 5.69 Å². The molecule has 4 heteroatoms. The average molecular weight is 248 g/mol. The highest BCUT2D eigenvalue weighted by Crippen LogP contribution is 2.47. The summed E-state index contributed by atoms with van der Waals surface area (Å²) >= 11 is 0. The summed E-state index contributed by atoms with van der Waals surface area (Å²) in [4.78, 5) is 10.2. The molecule has 4 nitrogen and oxygen atoms in total. The minimum absolute atomic E-state index is 0.155. The van der Waals surface area contributed by atoms with Crippen molar-refractivity contribution in [3.05, 3.63) is 39.9 Å². The van der Waals surface area contributed by atoms with Crippen molar-refractivity contribution in [1.82, 2.24) is 5.32 Å². The van der Waals surface area contributed by atoms with Gasteiger partial charge in [0.25, 0.3) is 5.69 Å². The number of hydrogen-bond acceptors (Lipinski definition) is 3. The van der Waals surface area contributed by atoms with Crippen LogP contribution in [0.1, 0.15) is 38.7 Å². The summed E-state index contributed by atoms with van der Waals surface area (Å²) in [6, 6.07) is 6.98. The number of benzene rings is 1. The van der Waals surface area contributed by atoms with Crippen LogP contribution in [0.5, 0.6) is 0 Å². The number of nitro benzene ring substituents is 1. The molecule has 98 valence electrons. The number of rotatable bonds is 4. The molecule has 1 saturated carbocycles. The molecule has 2 unspecified atom stereocenters. The van der Waals surface area contributed by atoms with E-state index in [1.54, 1.807) is 12.1 Å². The predicted octanol–water partition coefficient (Wildman–Crippen LogP) is 3.09. The maximum atomic E-state index is 10.6. The Kier molecular flexibility index (Phi) is 3.39. The van der Waals surface area contributed by atoms with Crippen LogP contribution in [0, 0.1) is 16.0 Å². The first kappa shape index (κ1) is 13.0. The molecule has 1 aliphatic carbocycles. The first-order valence-corrected chi connectivity index (χ1v) is 6.36. The van der Waals surface area contributed by atoms with Gasteiger partial charge in [0, 0.05) is 17.7 Å². The Balaban J connectivity index is 1.89. The molecule has 18 heavy (non-hydrogen) atoms. The first-order chi connectivity index (χ1) is 8.37. The lowest BCUT2D eigenvalue weighted by atomic mass is 10.1. The smallest absolute Gasteiger partial charge is 0.269 e. The topological polar surface area (TPSA) is 55.2 Å². The van der Waals surface area contributed by atoms with Crippen molar-refractivity contribution in [2.75, 3.05) is 6.54 Å². The molecule has 1 fully saturated rings. The van der Waals surface area contributed by atoms with Gasteiger partial charge in [-0.25, -0.2) is 0 Å². The monoisotopic (exact) mass is 248 g/mol. The van der Waals surface area contributed by atoms with Crippen LogP contribution in [-0.4, -0.2) is 17.0 Å². The Morgan fingerprint density at radius 1 is 1.33 bits per heavy atom. The fraction of sp³-hybridized carbons (Fsp3) is 0.571. The number of non-ortho nitro benzene ring substituents is 1. The van der Waals surface area contributed by atoms with Crippen LogP contribution in [-0.2, 0) is 0 Å². The molecule has 0 heterocycles.